The number of nitrogens with zero attached hydrogens (tertiary/aromatic N) is 4. The fourth-order valence-corrected chi connectivity index (χ4v) is 2.84. The van der Waals surface area contributed by atoms with Crippen molar-refractivity contribution in [3.8, 4) is 0 Å². The predicted octanol–water partition coefficient (Wildman–Crippen LogP) is 1.71. The molecule has 1 rings (SSSR count). The zero-order valence-electron chi connectivity index (χ0n) is 16.2. The van der Waals surface area contributed by atoms with Crippen molar-refractivity contribution in [3.63, 3.8) is 0 Å². The molecule has 6 nitrogen and oxygen atoms in total. The lowest BCUT2D eigenvalue weighted by Gasteiger charge is -2.36. The molecule has 1 heterocycles. The Balaban J connectivity index is 0.00000529. The van der Waals surface area contributed by atoms with Gasteiger partial charge in [-0.2, -0.15) is 0 Å². The van der Waals surface area contributed by atoms with Gasteiger partial charge in [0.05, 0.1) is 6.54 Å². The first-order valence-corrected chi connectivity index (χ1v) is 8.80. The van der Waals surface area contributed by atoms with E-state index in [9.17, 15) is 4.79 Å². The maximum atomic E-state index is 11.4. The summed E-state index contributed by atoms with van der Waals surface area (Å²) < 4.78 is 0. The minimum atomic E-state index is 0. The molecule has 1 atom stereocenters. The van der Waals surface area contributed by atoms with Gasteiger partial charge >= 0.3 is 0 Å². The Kier molecular flexibility index (Phi) is 11.6. The first-order chi connectivity index (χ1) is 10.8. The molecule has 24 heavy (non-hydrogen) atoms. The van der Waals surface area contributed by atoms with Crippen molar-refractivity contribution in [2.75, 3.05) is 53.4 Å². The van der Waals surface area contributed by atoms with Crippen molar-refractivity contribution in [1.29, 1.82) is 0 Å². The van der Waals surface area contributed by atoms with E-state index >= 15 is 0 Å². The Labute approximate surface area is 165 Å². The molecule has 0 bridgehead atoms. The lowest BCUT2D eigenvalue weighted by Crippen LogP contribution is -2.53. The highest BCUT2D eigenvalue weighted by Gasteiger charge is 2.21. The zero-order chi connectivity index (χ0) is 17.4. The third-order valence-corrected chi connectivity index (χ3v) is 4.29. The van der Waals surface area contributed by atoms with Crippen molar-refractivity contribution in [3.05, 3.63) is 0 Å². The first kappa shape index (κ1) is 23.4. The minimum absolute atomic E-state index is 0. The summed E-state index contributed by atoms with van der Waals surface area (Å²) in [6.07, 6.45) is 1.15. The molecular formula is C17H36IN5O. The van der Waals surface area contributed by atoms with E-state index in [-0.39, 0.29) is 29.9 Å². The number of amides is 1. The number of likely N-dealkylation sites (N-methyl/N-ethyl adjacent to an activating group) is 1. The van der Waals surface area contributed by atoms with Crippen molar-refractivity contribution in [2.45, 2.75) is 40.2 Å². The largest absolute Gasteiger partial charge is 0.357 e. The molecule has 0 saturated carbocycles. The summed E-state index contributed by atoms with van der Waals surface area (Å²) in [6, 6.07) is 0.460. The Bertz CT molecular complexity index is 392. The summed E-state index contributed by atoms with van der Waals surface area (Å²) in [7, 11) is 4.25. The second-order valence-electron chi connectivity index (χ2n) is 6.93. The standard InChI is InChI=1S/C17H35N5O.HI/c1-7-18-17(19-13-16(20(5)6)12-14(2)3)22-10-8-21(9-11-22)15(4)23;/h14,16H,7-13H2,1-6H3,(H,18,19);1H. The number of guanidine groups is 1. The van der Waals surface area contributed by atoms with Crippen LogP contribution in [0, 0.1) is 5.92 Å². The Morgan fingerprint density at radius 1 is 1.17 bits per heavy atom. The van der Waals surface area contributed by atoms with Gasteiger partial charge in [0.25, 0.3) is 0 Å². The Hall–Kier alpha value is -0.570. The van der Waals surface area contributed by atoms with Crippen LogP contribution >= 0.6 is 24.0 Å². The third-order valence-electron chi connectivity index (χ3n) is 4.29. The van der Waals surface area contributed by atoms with Crippen LogP contribution in [0.25, 0.3) is 0 Å². The summed E-state index contributed by atoms with van der Waals surface area (Å²) >= 11 is 0. The number of hydrogen-bond donors (Lipinski definition) is 1. The van der Waals surface area contributed by atoms with E-state index in [1.54, 1.807) is 6.92 Å². The maximum Gasteiger partial charge on any atom is 0.219 e. The molecule has 1 unspecified atom stereocenters. The minimum Gasteiger partial charge on any atom is -0.357 e. The maximum absolute atomic E-state index is 11.4. The van der Waals surface area contributed by atoms with Crippen LogP contribution in [0.15, 0.2) is 4.99 Å². The monoisotopic (exact) mass is 453 g/mol. The van der Waals surface area contributed by atoms with Crippen LogP contribution in [0.5, 0.6) is 0 Å². The average Bonchev–Trinajstić information content (AvgIpc) is 2.49. The molecule has 0 spiro atoms. The second kappa shape index (κ2) is 11.9. The molecule has 0 aromatic heterocycles. The molecule has 1 fully saturated rings. The molecule has 142 valence electrons. The van der Waals surface area contributed by atoms with Crippen molar-refractivity contribution >= 4 is 35.8 Å². The van der Waals surface area contributed by atoms with Crippen LogP contribution in [-0.2, 0) is 4.79 Å². The molecule has 0 aromatic carbocycles. The molecule has 0 radical (unpaired) electrons. The van der Waals surface area contributed by atoms with Gasteiger partial charge in [-0.25, -0.2) is 0 Å². The van der Waals surface area contributed by atoms with Crippen LogP contribution in [0.4, 0.5) is 0 Å². The predicted molar refractivity (Wildman–Crippen MR) is 112 cm³/mol. The molecule has 7 heteroatoms. The Morgan fingerprint density at radius 2 is 1.71 bits per heavy atom. The van der Waals surface area contributed by atoms with Gasteiger partial charge in [-0.3, -0.25) is 9.79 Å². The number of nitrogens with one attached hydrogen (secondary N) is 1. The average molecular weight is 453 g/mol. The number of carbonyl (C=O) groups is 1. The van der Waals surface area contributed by atoms with Gasteiger partial charge in [-0.1, -0.05) is 13.8 Å². The van der Waals surface area contributed by atoms with Gasteiger partial charge in [-0.15, -0.1) is 24.0 Å². The van der Waals surface area contributed by atoms with E-state index in [4.69, 9.17) is 4.99 Å². The quantitative estimate of drug-likeness (QED) is 0.378. The molecular weight excluding hydrogens is 417 g/mol. The highest BCUT2D eigenvalue weighted by molar-refractivity contribution is 14.0. The summed E-state index contributed by atoms with van der Waals surface area (Å²) in [5.74, 6) is 1.81. The SMILES string of the molecule is CCNC(=NCC(CC(C)C)N(C)C)N1CCN(C(C)=O)CC1.I. The number of aliphatic imine (C=N–C) groups is 1. The summed E-state index contributed by atoms with van der Waals surface area (Å²) in [6.45, 7) is 13.2. The summed E-state index contributed by atoms with van der Waals surface area (Å²) in [4.78, 5) is 22.8. The number of piperazine rings is 1. The van der Waals surface area contributed by atoms with Crippen LogP contribution in [0.2, 0.25) is 0 Å². The van der Waals surface area contributed by atoms with Gasteiger partial charge < -0.3 is 20.0 Å². The van der Waals surface area contributed by atoms with E-state index in [1.807, 2.05) is 4.90 Å². The zero-order valence-corrected chi connectivity index (χ0v) is 18.5. The number of halogens is 1. The van der Waals surface area contributed by atoms with E-state index in [0.29, 0.717) is 12.0 Å². The highest BCUT2D eigenvalue weighted by Crippen LogP contribution is 2.10. The second-order valence-corrected chi connectivity index (χ2v) is 6.93. The smallest absolute Gasteiger partial charge is 0.219 e. The molecule has 1 aliphatic rings. The van der Waals surface area contributed by atoms with Crippen LogP contribution in [0.1, 0.15) is 34.1 Å². The number of rotatable bonds is 6. The van der Waals surface area contributed by atoms with Crippen LogP contribution in [-0.4, -0.2) is 86.0 Å². The highest BCUT2D eigenvalue weighted by atomic mass is 127. The van der Waals surface area contributed by atoms with Gasteiger partial charge in [0.1, 0.15) is 0 Å². The first-order valence-electron chi connectivity index (χ1n) is 8.80. The van der Waals surface area contributed by atoms with Gasteiger partial charge in [0.15, 0.2) is 5.96 Å². The van der Waals surface area contributed by atoms with Gasteiger partial charge in [-0.05, 0) is 33.4 Å². The summed E-state index contributed by atoms with van der Waals surface area (Å²) in [5.41, 5.74) is 0. The lowest BCUT2D eigenvalue weighted by atomic mass is 10.0. The van der Waals surface area contributed by atoms with Gasteiger partial charge in [0.2, 0.25) is 5.91 Å². The van der Waals surface area contributed by atoms with E-state index in [2.05, 4.69) is 50.0 Å². The number of hydrogen-bond acceptors (Lipinski definition) is 3. The van der Waals surface area contributed by atoms with Crippen molar-refractivity contribution in [1.82, 2.24) is 20.0 Å². The normalized spacial score (nSPS) is 17.1. The fourth-order valence-electron chi connectivity index (χ4n) is 2.84. The number of carbonyl (C=O) groups excluding carboxylic acids is 1. The van der Waals surface area contributed by atoms with Crippen molar-refractivity contribution < 1.29 is 4.79 Å². The van der Waals surface area contributed by atoms with Crippen LogP contribution < -0.4 is 5.32 Å². The van der Waals surface area contributed by atoms with Gasteiger partial charge in [0, 0.05) is 45.7 Å². The molecule has 1 aliphatic heterocycles. The fraction of sp³-hybridized carbons (Fsp3) is 0.882. The van der Waals surface area contributed by atoms with E-state index in [0.717, 1.165) is 51.6 Å². The molecule has 1 saturated heterocycles. The van der Waals surface area contributed by atoms with Crippen LogP contribution in [0.3, 0.4) is 0 Å². The summed E-state index contributed by atoms with van der Waals surface area (Å²) in [5, 5.41) is 3.40. The molecule has 1 amide bonds. The van der Waals surface area contributed by atoms with E-state index < -0.39 is 0 Å². The molecule has 1 N–H and O–H groups in total. The molecule has 0 aromatic rings. The van der Waals surface area contributed by atoms with E-state index in [1.165, 1.54) is 0 Å². The van der Waals surface area contributed by atoms with Crippen molar-refractivity contribution in [2.24, 2.45) is 10.9 Å². The topological polar surface area (TPSA) is 51.2 Å². The lowest BCUT2D eigenvalue weighted by molar-refractivity contribution is -0.130. The molecule has 0 aliphatic carbocycles. The third kappa shape index (κ3) is 8.00. The Morgan fingerprint density at radius 3 is 2.12 bits per heavy atom.